The minimum Gasteiger partial charge on any atom is -0.298 e. The van der Waals surface area contributed by atoms with Gasteiger partial charge in [0.2, 0.25) is 0 Å². The lowest BCUT2D eigenvalue weighted by molar-refractivity contribution is -0.122. The molecule has 1 aromatic rings. The Morgan fingerprint density at radius 2 is 2.00 bits per heavy atom. The number of nitrogens with zero attached hydrogens (tertiary/aromatic N) is 1. The fourth-order valence-electron chi connectivity index (χ4n) is 2.04. The predicted molar refractivity (Wildman–Crippen MR) is 60.8 cm³/mol. The molecular formula is C13H16FNO. The molecule has 1 aromatic carbocycles. The van der Waals surface area contributed by atoms with E-state index in [-0.39, 0.29) is 5.82 Å². The highest BCUT2D eigenvalue weighted by Gasteiger charge is 2.15. The van der Waals surface area contributed by atoms with E-state index in [1.54, 1.807) is 12.1 Å². The first-order valence-corrected chi connectivity index (χ1v) is 5.72. The molecule has 0 amide bonds. The van der Waals surface area contributed by atoms with Crippen LogP contribution in [-0.4, -0.2) is 30.3 Å². The maximum atomic E-state index is 12.7. The molecule has 2 rings (SSSR count). The monoisotopic (exact) mass is 221 g/mol. The average Bonchev–Trinajstić information content (AvgIpc) is 2.28. The van der Waals surface area contributed by atoms with E-state index in [2.05, 4.69) is 4.90 Å². The average molecular weight is 221 g/mol. The number of likely N-dealkylation sites (tertiary alicyclic amines) is 1. The molecule has 1 fully saturated rings. The molecule has 0 aliphatic carbocycles. The summed E-state index contributed by atoms with van der Waals surface area (Å²) in [7, 11) is 0. The number of benzene rings is 1. The fourth-order valence-corrected chi connectivity index (χ4v) is 2.04. The predicted octanol–water partition coefficient (Wildman–Crippen LogP) is 2.03. The Balaban J connectivity index is 1.82. The van der Waals surface area contributed by atoms with Gasteiger partial charge in [0.25, 0.3) is 0 Å². The highest BCUT2D eigenvalue weighted by Crippen LogP contribution is 2.08. The van der Waals surface area contributed by atoms with E-state index in [0.717, 1.165) is 37.9 Å². The molecule has 0 unspecified atom stereocenters. The van der Waals surface area contributed by atoms with Crippen LogP contribution in [0.5, 0.6) is 0 Å². The summed E-state index contributed by atoms with van der Waals surface area (Å²) >= 11 is 0. The number of piperidine rings is 1. The molecule has 0 aromatic heterocycles. The number of halogens is 1. The molecule has 86 valence electrons. The summed E-state index contributed by atoms with van der Waals surface area (Å²) in [5.41, 5.74) is 1.12. The Bertz CT molecular complexity index is 361. The van der Waals surface area contributed by atoms with Crippen LogP contribution in [0.15, 0.2) is 24.3 Å². The van der Waals surface area contributed by atoms with Gasteiger partial charge >= 0.3 is 0 Å². The van der Waals surface area contributed by atoms with Gasteiger partial charge in [-0.1, -0.05) is 12.1 Å². The van der Waals surface area contributed by atoms with Gasteiger partial charge in [-0.05, 0) is 37.1 Å². The Hall–Kier alpha value is -1.22. The first kappa shape index (κ1) is 11.3. The van der Waals surface area contributed by atoms with Crippen molar-refractivity contribution in [3.05, 3.63) is 35.6 Å². The van der Waals surface area contributed by atoms with Gasteiger partial charge in [-0.15, -0.1) is 0 Å². The Kier molecular flexibility index (Phi) is 3.67. The third-order valence-electron chi connectivity index (χ3n) is 2.96. The number of carbonyl (C=O) groups is 1. The van der Waals surface area contributed by atoms with Gasteiger partial charge < -0.3 is 0 Å². The van der Waals surface area contributed by atoms with E-state index in [9.17, 15) is 9.18 Å². The van der Waals surface area contributed by atoms with Crippen LogP contribution >= 0.6 is 0 Å². The summed E-state index contributed by atoms with van der Waals surface area (Å²) in [6.07, 6.45) is 2.59. The standard InChI is InChI=1S/C13H16FNO/c14-12-5-3-11(4-6-12)7-9-15-8-1-2-13(16)10-15/h3-6H,1-2,7-10H2. The smallest absolute Gasteiger partial charge is 0.146 e. The maximum absolute atomic E-state index is 12.7. The van der Waals surface area contributed by atoms with Crippen molar-refractivity contribution >= 4 is 5.78 Å². The van der Waals surface area contributed by atoms with Crippen molar-refractivity contribution in [1.29, 1.82) is 0 Å². The summed E-state index contributed by atoms with van der Waals surface area (Å²) < 4.78 is 12.7. The van der Waals surface area contributed by atoms with E-state index in [1.165, 1.54) is 12.1 Å². The lowest BCUT2D eigenvalue weighted by Gasteiger charge is -2.25. The Morgan fingerprint density at radius 1 is 1.25 bits per heavy atom. The molecule has 16 heavy (non-hydrogen) atoms. The van der Waals surface area contributed by atoms with E-state index in [4.69, 9.17) is 0 Å². The van der Waals surface area contributed by atoms with Gasteiger partial charge in [-0.25, -0.2) is 4.39 Å². The number of rotatable bonds is 3. The van der Waals surface area contributed by atoms with Gasteiger partial charge in [0, 0.05) is 13.0 Å². The third kappa shape index (κ3) is 3.14. The Morgan fingerprint density at radius 3 is 2.69 bits per heavy atom. The number of hydrogen-bond donors (Lipinski definition) is 0. The quantitative estimate of drug-likeness (QED) is 0.778. The second kappa shape index (κ2) is 5.21. The molecule has 0 saturated carbocycles. The number of carbonyl (C=O) groups excluding carboxylic acids is 1. The van der Waals surface area contributed by atoms with E-state index >= 15 is 0 Å². The van der Waals surface area contributed by atoms with Crippen LogP contribution in [0.3, 0.4) is 0 Å². The van der Waals surface area contributed by atoms with Gasteiger partial charge in [-0.2, -0.15) is 0 Å². The lowest BCUT2D eigenvalue weighted by Crippen LogP contribution is -2.36. The van der Waals surface area contributed by atoms with Crippen LogP contribution < -0.4 is 0 Å². The molecule has 0 N–H and O–H groups in total. The lowest BCUT2D eigenvalue weighted by atomic mass is 10.1. The first-order valence-electron chi connectivity index (χ1n) is 5.72. The second-order valence-corrected chi connectivity index (χ2v) is 4.29. The molecule has 0 spiro atoms. The summed E-state index contributed by atoms with van der Waals surface area (Å²) in [6, 6.07) is 6.58. The Labute approximate surface area is 95.1 Å². The second-order valence-electron chi connectivity index (χ2n) is 4.29. The fraction of sp³-hybridized carbons (Fsp3) is 0.462. The number of ketones is 1. The van der Waals surface area contributed by atoms with Crippen molar-refractivity contribution in [2.45, 2.75) is 19.3 Å². The third-order valence-corrected chi connectivity index (χ3v) is 2.96. The molecule has 0 radical (unpaired) electrons. The first-order chi connectivity index (χ1) is 7.74. The van der Waals surface area contributed by atoms with Gasteiger partial charge in [0.15, 0.2) is 0 Å². The number of Topliss-reactive ketones (excluding diaryl/α,β-unsaturated/α-hetero) is 1. The number of hydrogen-bond acceptors (Lipinski definition) is 2. The van der Waals surface area contributed by atoms with Crippen molar-refractivity contribution in [2.24, 2.45) is 0 Å². The van der Waals surface area contributed by atoms with Crippen LogP contribution in [0, 0.1) is 5.82 Å². The molecule has 0 atom stereocenters. The van der Waals surface area contributed by atoms with Crippen molar-refractivity contribution in [1.82, 2.24) is 4.90 Å². The van der Waals surface area contributed by atoms with E-state index < -0.39 is 0 Å². The maximum Gasteiger partial charge on any atom is 0.146 e. The molecule has 0 bridgehead atoms. The van der Waals surface area contributed by atoms with Crippen molar-refractivity contribution in [2.75, 3.05) is 19.6 Å². The summed E-state index contributed by atoms with van der Waals surface area (Å²) in [4.78, 5) is 13.4. The molecule has 1 heterocycles. The van der Waals surface area contributed by atoms with Crippen LogP contribution in [0.2, 0.25) is 0 Å². The molecule has 1 saturated heterocycles. The molecule has 1 aliphatic rings. The SMILES string of the molecule is O=C1CCCN(CCc2ccc(F)cc2)C1. The topological polar surface area (TPSA) is 20.3 Å². The molecule has 3 heteroatoms. The summed E-state index contributed by atoms with van der Waals surface area (Å²) in [5, 5.41) is 0. The van der Waals surface area contributed by atoms with Crippen molar-refractivity contribution in [3.63, 3.8) is 0 Å². The zero-order valence-electron chi connectivity index (χ0n) is 9.29. The minimum absolute atomic E-state index is 0.197. The van der Waals surface area contributed by atoms with Crippen LogP contribution in [0.4, 0.5) is 4.39 Å². The van der Waals surface area contributed by atoms with Crippen LogP contribution in [-0.2, 0) is 11.2 Å². The van der Waals surface area contributed by atoms with Crippen LogP contribution in [0.1, 0.15) is 18.4 Å². The van der Waals surface area contributed by atoms with Crippen molar-refractivity contribution < 1.29 is 9.18 Å². The molecule has 2 nitrogen and oxygen atoms in total. The normalized spacial score (nSPS) is 17.7. The zero-order valence-corrected chi connectivity index (χ0v) is 9.29. The molecule has 1 aliphatic heterocycles. The largest absolute Gasteiger partial charge is 0.298 e. The molecular weight excluding hydrogens is 205 g/mol. The summed E-state index contributed by atoms with van der Waals surface area (Å²) in [6.45, 7) is 2.48. The van der Waals surface area contributed by atoms with Gasteiger partial charge in [0.1, 0.15) is 11.6 Å². The van der Waals surface area contributed by atoms with Gasteiger partial charge in [0.05, 0.1) is 6.54 Å². The summed E-state index contributed by atoms with van der Waals surface area (Å²) in [5.74, 6) is 0.141. The highest BCUT2D eigenvalue weighted by atomic mass is 19.1. The highest BCUT2D eigenvalue weighted by molar-refractivity contribution is 5.81. The minimum atomic E-state index is -0.197. The van der Waals surface area contributed by atoms with E-state index in [1.807, 2.05) is 0 Å². The van der Waals surface area contributed by atoms with Gasteiger partial charge in [-0.3, -0.25) is 9.69 Å². The van der Waals surface area contributed by atoms with E-state index in [0.29, 0.717) is 12.3 Å². The van der Waals surface area contributed by atoms with Crippen molar-refractivity contribution in [3.8, 4) is 0 Å². The zero-order chi connectivity index (χ0) is 11.4. The van der Waals surface area contributed by atoms with Crippen LogP contribution in [0.25, 0.3) is 0 Å².